The fourth-order valence-corrected chi connectivity index (χ4v) is 9.87. The number of hydrogen-bond donors (Lipinski definition) is 0. The molecular weight excluding hydrogens is 835 g/mol. The van der Waals surface area contributed by atoms with E-state index in [1.807, 2.05) is 0 Å². The van der Waals surface area contributed by atoms with Crippen LogP contribution in [-0.4, -0.2) is 229 Å². The van der Waals surface area contributed by atoms with Gasteiger partial charge in [-0.25, -0.2) is 0 Å². The van der Waals surface area contributed by atoms with Crippen LogP contribution >= 0.6 is 0 Å². The molecule has 0 aliphatic carbocycles. The summed E-state index contributed by atoms with van der Waals surface area (Å²) in [5, 5.41) is 0.384. The van der Waals surface area contributed by atoms with Gasteiger partial charge in [-0.15, -0.1) is 60.1 Å². The minimum Gasteiger partial charge on any atom is -0.312 e. The van der Waals surface area contributed by atoms with Crippen LogP contribution in [0.15, 0.2) is 0 Å². The Morgan fingerprint density at radius 3 is 0.611 bits per heavy atom. The summed E-state index contributed by atoms with van der Waals surface area (Å²) in [7, 11) is 188. The highest BCUT2D eigenvalue weighted by molar-refractivity contribution is 6.76. The number of hydrogen-bond acceptors (Lipinski definition) is 0. The minimum absolute atomic E-state index is 0.00240. The first kappa shape index (κ1) is 52.8. The third-order valence-electron chi connectivity index (χ3n) is 13.8. The molecule has 262 valence electrons. The first-order valence-electron chi connectivity index (χ1n) is 20.9. The van der Waals surface area contributed by atoms with E-state index in [1.54, 1.807) is 0 Å². The Labute approximate surface area is 455 Å². The molecule has 0 amide bonds. The number of benzene rings is 7. The molecule has 9 aromatic rings. The molecule has 2 aromatic heterocycles. The van der Waals surface area contributed by atoms with Gasteiger partial charge in [-0.05, 0) is 22.3 Å². The zero-order valence-corrected chi connectivity index (χ0v) is 38.1. The molecule has 0 aliphatic heterocycles. The maximum atomic E-state index is 7.29. The van der Waals surface area contributed by atoms with E-state index in [0.29, 0.717) is 0 Å². The molecule has 0 unspecified atom stereocenters. The Kier molecular flexibility index (Phi) is 13.0. The molecule has 0 spiro atoms. The second kappa shape index (κ2) is 17.8. The minimum atomic E-state index is -0.245. The SMILES string of the molecule is [B]c1c([B])c([B])c(-c2c([B])c([B])c(-n3c4c([B])c([B])c([B])c([B])c4c4c5c6c([B])c([B])c([B])c([B])c6n(-c6c([B])c([B])c([B])c(-c7c([B])c([B])c([B])c([B])c7[B])c6[B])c5c([B])c([B])c43)c([B])c2[B])c([B])c1[B]. The van der Waals surface area contributed by atoms with Crippen LogP contribution in [-0.2, 0) is 0 Å². The summed E-state index contributed by atoms with van der Waals surface area (Å²) in [6.07, 6.45) is 0. The molecule has 7 aromatic carbocycles. The lowest BCUT2D eigenvalue weighted by molar-refractivity contribution is 1.21. The van der Waals surface area contributed by atoms with E-state index in [0.717, 1.165) is 0 Å². The number of fused-ring (bicyclic) bond motifs is 7. The summed E-state index contributed by atoms with van der Waals surface area (Å²) < 4.78 is 2.82. The largest absolute Gasteiger partial charge is 0.312 e. The fourth-order valence-electron chi connectivity index (χ4n) is 9.87. The zero-order chi connectivity index (χ0) is 53.4. The van der Waals surface area contributed by atoms with Crippen LogP contribution in [0.5, 0.6) is 0 Å². The third kappa shape index (κ3) is 6.69. The van der Waals surface area contributed by atoms with Crippen LogP contribution in [0.4, 0.5) is 0 Å². The first-order valence-corrected chi connectivity index (χ1v) is 20.9. The van der Waals surface area contributed by atoms with Crippen LogP contribution in [0.25, 0.3) is 77.2 Å². The van der Waals surface area contributed by atoms with Crippen molar-refractivity contribution in [1.82, 2.24) is 9.13 Å². The lowest BCUT2D eigenvalue weighted by atomic mass is 9.56. The molecule has 0 fully saturated rings. The van der Waals surface area contributed by atoms with Crippen LogP contribution in [0, 0.1) is 0 Å². The summed E-state index contributed by atoms with van der Waals surface area (Å²) in [5.41, 5.74) is -5.08. The maximum Gasteiger partial charge on any atom is 0.117 e. The van der Waals surface area contributed by atoms with Crippen molar-refractivity contribution >= 4 is 416 Å². The summed E-state index contributed by atoms with van der Waals surface area (Å²) in [5.74, 6) is 0. The van der Waals surface area contributed by atoms with Gasteiger partial charge in [0.2, 0.25) is 0 Å². The standard InChI is InChI=1S/C42B28N2/c43-9-3(10(44)20(54)26(60)19(9)53)4-14(48)30(64)42(31(65)15(4)49)72-38-2(8-17(51)24(58)29(63)33(67)40(8)72)1-7-16(50)23(57)28(62)32(66)39(7)71(37(1)35(69)36(38)70)41-18(52)6(13(47)25(59)34(41)68)5-11(45)21(55)27(61)22(56)12(5)46. The molecule has 0 saturated carbocycles. The van der Waals surface area contributed by atoms with Crippen molar-refractivity contribution in [2.24, 2.45) is 0 Å². The highest BCUT2D eigenvalue weighted by Gasteiger charge is 2.32. The first-order chi connectivity index (χ1) is 33.5. The molecular formula is C42B28N2. The van der Waals surface area contributed by atoms with Gasteiger partial charge < -0.3 is 9.13 Å². The Hall–Kier alpha value is -4.04. The summed E-state index contributed by atoms with van der Waals surface area (Å²) in [4.78, 5) is 0. The molecule has 2 heterocycles. The van der Waals surface area contributed by atoms with E-state index in [4.69, 9.17) is 220 Å². The molecule has 72 heavy (non-hydrogen) atoms. The van der Waals surface area contributed by atoms with Crippen LogP contribution in [0.2, 0.25) is 0 Å². The topological polar surface area (TPSA) is 9.86 Å². The van der Waals surface area contributed by atoms with Crippen molar-refractivity contribution < 1.29 is 0 Å². The normalized spacial score (nSPS) is 11.8. The van der Waals surface area contributed by atoms with Gasteiger partial charge in [0, 0.05) is 55.0 Å². The van der Waals surface area contributed by atoms with Crippen molar-refractivity contribution in [2.75, 3.05) is 0 Å². The van der Waals surface area contributed by atoms with E-state index in [9.17, 15) is 0 Å². The molecule has 9 rings (SSSR count). The summed E-state index contributed by atoms with van der Waals surface area (Å²) >= 11 is 0. The lowest BCUT2D eigenvalue weighted by Gasteiger charge is -2.30. The monoisotopic (exact) mass is 840 g/mol. The summed E-state index contributed by atoms with van der Waals surface area (Å²) in [6.45, 7) is 0. The van der Waals surface area contributed by atoms with Gasteiger partial charge in [0.15, 0.2) is 0 Å². The fraction of sp³-hybridized carbons (Fsp3) is 0. The van der Waals surface area contributed by atoms with Gasteiger partial charge in [0.05, 0.1) is 0 Å². The number of rotatable bonds is 4. The quantitative estimate of drug-likeness (QED) is 0.156. The average molecular weight is 835 g/mol. The van der Waals surface area contributed by atoms with Gasteiger partial charge in [0.1, 0.15) is 220 Å². The van der Waals surface area contributed by atoms with Crippen LogP contribution < -0.4 is 153 Å². The second-order valence-corrected chi connectivity index (χ2v) is 17.3. The van der Waals surface area contributed by atoms with Crippen molar-refractivity contribution in [3.8, 4) is 33.6 Å². The Balaban J connectivity index is 1.58. The molecule has 0 aliphatic rings. The molecule has 0 N–H and O–H groups in total. The smallest absolute Gasteiger partial charge is 0.117 e. The van der Waals surface area contributed by atoms with Crippen molar-refractivity contribution in [3.05, 3.63) is 0 Å². The van der Waals surface area contributed by atoms with E-state index in [1.165, 1.54) is 9.13 Å². The van der Waals surface area contributed by atoms with E-state index < -0.39 is 0 Å². The van der Waals surface area contributed by atoms with Crippen LogP contribution in [0.3, 0.4) is 0 Å². The predicted molar refractivity (Wildman–Crippen MR) is 337 cm³/mol. The molecule has 56 radical (unpaired) electrons. The van der Waals surface area contributed by atoms with Gasteiger partial charge >= 0.3 is 0 Å². The average Bonchev–Trinajstić information content (AvgIpc) is 3.88. The van der Waals surface area contributed by atoms with Gasteiger partial charge in [-0.2, -0.15) is 0 Å². The summed E-state index contributed by atoms with van der Waals surface area (Å²) in [6, 6.07) is 0. The highest BCUT2D eigenvalue weighted by Crippen LogP contribution is 2.38. The Morgan fingerprint density at radius 1 is 0.139 bits per heavy atom. The molecule has 2 nitrogen and oxygen atoms in total. The van der Waals surface area contributed by atoms with Crippen molar-refractivity contribution in [2.45, 2.75) is 0 Å². The van der Waals surface area contributed by atoms with E-state index >= 15 is 0 Å². The highest BCUT2D eigenvalue weighted by atomic mass is 15.0. The number of aromatic nitrogens is 2. The van der Waals surface area contributed by atoms with E-state index in [2.05, 4.69) is 0 Å². The molecule has 30 heteroatoms. The Bertz CT molecular complexity index is 3990. The van der Waals surface area contributed by atoms with Crippen LogP contribution in [0.1, 0.15) is 0 Å². The van der Waals surface area contributed by atoms with Gasteiger partial charge in [-0.3, -0.25) is 0 Å². The lowest BCUT2D eigenvalue weighted by Crippen LogP contribution is -2.57. The third-order valence-corrected chi connectivity index (χ3v) is 13.8. The van der Waals surface area contributed by atoms with Gasteiger partial charge in [-0.1, -0.05) is 92.9 Å². The molecule has 0 saturated heterocycles. The van der Waals surface area contributed by atoms with Crippen molar-refractivity contribution in [3.63, 3.8) is 0 Å². The van der Waals surface area contributed by atoms with Gasteiger partial charge in [0.25, 0.3) is 0 Å². The van der Waals surface area contributed by atoms with E-state index in [-0.39, 0.29) is 230 Å². The molecule has 0 bridgehead atoms. The molecule has 0 atom stereocenters. The maximum absolute atomic E-state index is 7.29. The zero-order valence-electron chi connectivity index (χ0n) is 38.1. The predicted octanol–water partition coefficient (Wildman–Crippen LogP) is -22.6. The second-order valence-electron chi connectivity index (χ2n) is 17.3. The number of nitrogens with zero attached hydrogens (tertiary/aromatic N) is 2. The Morgan fingerprint density at radius 2 is 0.306 bits per heavy atom. The van der Waals surface area contributed by atoms with Crippen molar-refractivity contribution in [1.29, 1.82) is 0 Å².